The van der Waals surface area contributed by atoms with Gasteiger partial charge in [-0.1, -0.05) is 30.3 Å². The quantitative estimate of drug-likeness (QED) is 0.451. The molecule has 0 aliphatic carbocycles. The second kappa shape index (κ2) is 8.31. The first-order valence-corrected chi connectivity index (χ1v) is 8.67. The number of carbonyl (C=O) groups is 1. The highest BCUT2D eigenvalue weighted by atomic mass is 19.4. The minimum Gasteiger partial charge on any atom is -0.327 e. The lowest BCUT2D eigenvalue weighted by Gasteiger charge is -2.24. The summed E-state index contributed by atoms with van der Waals surface area (Å²) in [7, 11) is 0. The first-order chi connectivity index (χ1) is 14.2. The average Bonchev–Trinajstić information content (AvgIpc) is 2.69. The number of halogens is 3. The average molecular weight is 420 g/mol. The largest absolute Gasteiger partial charge is 0.406 e. The lowest BCUT2D eigenvalue weighted by molar-refractivity contribution is -0.385. The standard InChI is InChI=1S/C19H15F3N4O4/c20-19(21,22)12-24(10-13-5-1-3-7-15(13)26(29)30)18(28)11-25-16-8-4-2-6-14(16)23-9-17(25)27/h1-9H,10-12H2. The summed E-state index contributed by atoms with van der Waals surface area (Å²) in [5, 5.41) is 11.2. The molecule has 1 aromatic heterocycles. The van der Waals surface area contributed by atoms with Crippen molar-refractivity contribution in [2.75, 3.05) is 6.54 Å². The minimum absolute atomic E-state index is 0.0490. The van der Waals surface area contributed by atoms with Crippen molar-refractivity contribution in [3.05, 3.63) is 80.8 Å². The van der Waals surface area contributed by atoms with Gasteiger partial charge in [-0.15, -0.1) is 0 Å². The van der Waals surface area contributed by atoms with Crippen LogP contribution in [-0.4, -0.2) is 38.0 Å². The highest BCUT2D eigenvalue weighted by molar-refractivity contribution is 5.80. The maximum Gasteiger partial charge on any atom is 0.406 e. The van der Waals surface area contributed by atoms with Crippen LogP contribution in [0.2, 0.25) is 0 Å². The van der Waals surface area contributed by atoms with Crippen LogP contribution in [-0.2, 0) is 17.9 Å². The third-order valence-corrected chi connectivity index (χ3v) is 4.32. The number of aromatic nitrogens is 2. The molecule has 8 nitrogen and oxygen atoms in total. The molecule has 0 spiro atoms. The molecule has 3 rings (SSSR count). The molecule has 3 aromatic rings. The molecule has 0 atom stereocenters. The van der Waals surface area contributed by atoms with Crippen molar-refractivity contribution < 1.29 is 22.9 Å². The number of benzene rings is 2. The van der Waals surface area contributed by atoms with Crippen molar-refractivity contribution in [3.8, 4) is 0 Å². The number of nitro groups is 1. The second-order valence-electron chi connectivity index (χ2n) is 6.42. The Balaban J connectivity index is 1.96. The Hall–Kier alpha value is -3.76. The summed E-state index contributed by atoms with van der Waals surface area (Å²) in [4.78, 5) is 39.8. The first-order valence-electron chi connectivity index (χ1n) is 8.67. The van der Waals surface area contributed by atoms with E-state index in [4.69, 9.17) is 0 Å². The van der Waals surface area contributed by atoms with E-state index in [1.807, 2.05) is 0 Å². The van der Waals surface area contributed by atoms with E-state index < -0.39 is 47.9 Å². The first kappa shape index (κ1) is 21.0. The normalized spacial score (nSPS) is 11.4. The van der Waals surface area contributed by atoms with Crippen molar-refractivity contribution in [3.63, 3.8) is 0 Å². The molecule has 0 fully saturated rings. The number of hydrogen-bond acceptors (Lipinski definition) is 5. The minimum atomic E-state index is -4.73. The van der Waals surface area contributed by atoms with E-state index in [9.17, 15) is 32.9 Å². The molecule has 0 aliphatic rings. The van der Waals surface area contributed by atoms with E-state index in [-0.39, 0.29) is 11.1 Å². The summed E-state index contributed by atoms with van der Waals surface area (Å²) in [6.07, 6.45) is -3.75. The fraction of sp³-hybridized carbons (Fsp3) is 0.211. The number of nitro benzene ring substituents is 1. The topological polar surface area (TPSA) is 98.3 Å². The van der Waals surface area contributed by atoms with Gasteiger partial charge in [0.1, 0.15) is 13.1 Å². The number of rotatable bonds is 6. The van der Waals surface area contributed by atoms with E-state index in [0.717, 1.165) is 16.8 Å². The van der Waals surface area contributed by atoms with Gasteiger partial charge in [0.25, 0.3) is 11.2 Å². The zero-order chi connectivity index (χ0) is 21.9. The Bertz CT molecular complexity index is 1160. The monoisotopic (exact) mass is 420 g/mol. The number of nitrogens with zero attached hydrogens (tertiary/aromatic N) is 4. The zero-order valence-electron chi connectivity index (χ0n) is 15.4. The molecular formula is C19H15F3N4O4. The molecule has 0 unspecified atom stereocenters. The zero-order valence-corrected chi connectivity index (χ0v) is 15.4. The number of carbonyl (C=O) groups excluding carboxylic acids is 1. The van der Waals surface area contributed by atoms with Gasteiger partial charge in [-0.25, -0.2) is 4.98 Å². The van der Waals surface area contributed by atoms with Gasteiger partial charge < -0.3 is 4.90 Å². The molecule has 0 bridgehead atoms. The van der Waals surface area contributed by atoms with Crippen molar-refractivity contribution in [2.24, 2.45) is 0 Å². The van der Waals surface area contributed by atoms with Gasteiger partial charge >= 0.3 is 6.18 Å². The Morgan fingerprint density at radius 2 is 1.80 bits per heavy atom. The van der Waals surface area contributed by atoms with Crippen molar-refractivity contribution in [2.45, 2.75) is 19.3 Å². The molecule has 0 saturated heterocycles. The molecule has 0 aliphatic heterocycles. The number of fused-ring (bicyclic) bond motifs is 1. The summed E-state index contributed by atoms with van der Waals surface area (Å²) < 4.78 is 40.3. The van der Waals surface area contributed by atoms with Crippen LogP contribution >= 0.6 is 0 Å². The lowest BCUT2D eigenvalue weighted by Crippen LogP contribution is -2.41. The van der Waals surface area contributed by atoms with Crippen LogP contribution in [0.3, 0.4) is 0 Å². The van der Waals surface area contributed by atoms with Gasteiger partial charge in [0, 0.05) is 11.6 Å². The van der Waals surface area contributed by atoms with Gasteiger partial charge in [0.05, 0.1) is 28.7 Å². The van der Waals surface area contributed by atoms with Gasteiger partial charge in [0.2, 0.25) is 5.91 Å². The Morgan fingerprint density at radius 1 is 1.13 bits per heavy atom. The highest BCUT2D eigenvalue weighted by Gasteiger charge is 2.34. The van der Waals surface area contributed by atoms with E-state index >= 15 is 0 Å². The molecule has 156 valence electrons. The van der Waals surface area contributed by atoms with Crippen LogP contribution in [0.1, 0.15) is 5.56 Å². The number of hydrogen-bond donors (Lipinski definition) is 0. The van der Waals surface area contributed by atoms with Gasteiger partial charge in [-0.2, -0.15) is 13.2 Å². The van der Waals surface area contributed by atoms with Crippen LogP contribution < -0.4 is 5.56 Å². The van der Waals surface area contributed by atoms with Crippen LogP contribution in [0.5, 0.6) is 0 Å². The number of para-hydroxylation sites is 3. The molecule has 11 heteroatoms. The van der Waals surface area contributed by atoms with Crippen LogP contribution in [0, 0.1) is 10.1 Å². The summed E-state index contributed by atoms with van der Waals surface area (Å²) in [5.74, 6) is -1.01. The molecule has 0 radical (unpaired) electrons. The SMILES string of the molecule is O=C(Cn1c(=O)cnc2ccccc21)N(Cc1ccccc1[N+](=O)[O-])CC(F)(F)F. The Kier molecular flexibility index (Phi) is 5.81. The maximum absolute atomic E-state index is 13.1. The highest BCUT2D eigenvalue weighted by Crippen LogP contribution is 2.23. The third-order valence-electron chi connectivity index (χ3n) is 4.32. The third kappa shape index (κ3) is 4.80. The fourth-order valence-electron chi connectivity index (χ4n) is 2.99. The maximum atomic E-state index is 13.1. The molecule has 1 amide bonds. The Morgan fingerprint density at radius 3 is 2.50 bits per heavy atom. The van der Waals surface area contributed by atoms with Crippen molar-refractivity contribution >= 4 is 22.6 Å². The van der Waals surface area contributed by atoms with Crippen LogP contribution in [0.4, 0.5) is 18.9 Å². The fourth-order valence-corrected chi connectivity index (χ4v) is 2.99. The number of alkyl halides is 3. The van der Waals surface area contributed by atoms with Gasteiger partial charge in [-0.3, -0.25) is 24.3 Å². The molecule has 2 aromatic carbocycles. The predicted octanol–water partition coefficient (Wildman–Crippen LogP) is 2.90. The molecule has 1 heterocycles. The molecular weight excluding hydrogens is 405 g/mol. The van der Waals surface area contributed by atoms with E-state index in [2.05, 4.69) is 4.98 Å². The van der Waals surface area contributed by atoms with Crippen LogP contribution in [0.25, 0.3) is 11.0 Å². The van der Waals surface area contributed by atoms with Gasteiger partial charge in [-0.05, 0) is 12.1 Å². The summed E-state index contributed by atoms with van der Waals surface area (Å²) in [5.41, 5.74) is -0.419. The smallest absolute Gasteiger partial charge is 0.327 e. The van der Waals surface area contributed by atoms with Crippen LogP contribution in [0.15, 0.2) is 59.5 Å². The molecule has 0 N–H and O–H groups in total. The summed E-state index contributed by atoms with van der Waals surface area (Å²) in [6, 6.07) is 11.6. The van der Waals surface area contributed by atoms with Crippen molar-refractivity contribution in [1.82, 2.24) is 14.5 Å². The number of amides is 1. The van der Waals surface area contributed by atoms with E-state index in [1.165, 1.54) is 24.3 Å². The van der Waals surface area contributed by atoms with E-state index in [1.54, 1.807) is 18.2 Å². The Labute approximate surface area is 167 Å². The van der Waals surface area contributed by atoms with Gasteiger partial charge in [0.15, 0.2) is 0 Å². The second-order valence-corrected chi connectivity index (χ2v) is 6.42. The lowest BCUT2D eigenvalue weighted by atomic mass is 10.1. The van der Waals surface area contributed by atoms with Crippen molar-refractivity contribution in [1.29, 1.82) is 0 Å². The van der Waals surface area contributed by atoms with E-state index in [0.29, 0.717) is 10.4 Å². The summed E-state index contributed by atoms with van der Waals surface area (Å²) >= 11 is 0. The molecule has 0 saturated carbocycles. The predicted molar refractivity (Wildman–Crippen MR) is 101 cm³/mol. The summed E-state index contributed by atoms with van der Waals surface area (Å²) in [6.45, 7) is -2.92. The molecule has 30 heavy (non-hydrogen) atoms.